The van der Waals surface area contributed by atoms with E-state index in [4.69, 9.17) is 10.5 Å². The third kappa shape index (κ3) is 5.47. The van der Waals surface area contributed by atoms with Gasteiger partial charge in [-0.2, -0.15) is 0 Å². The molecule has 2 N–H and O–H groups in total. The van der Waals surface area contributed by atoms with Crippen LogP contribution in [0.5, 0.6) is 0 Å². The van der Waals surface area contributed by atoms with E-state index in [0.717, 1.165) is 51.7 Å². The predicted molar refractivity (Wildman–Crippen MR) is 64.2 cm³/mol. The molecule has 0 atom stereocenters. The number of amides is 1. The van der Waals surface area contributed by atoms with Crippen molar-refractivity contribution in [3.8, 4) is 0 Å². The van der Waals surface area contributed by atoms with Gasteiger partial charge in [0.05, 0.1) is 0 Å². The zero-order valence-corrected chi connectivity index (χ0v) is 10.1. The molecule has 16 heavy (non-hydrogen) atoms. The van der Waals surface area contributed by atoms with E-state index in [2.05, 4.69) is 0 Å². The van der Waals surface area contributed by atoms with Crippen molar-refractivity contribution >= 4 is 5.91 Å². The number of unbranched alkanes of at least 4 members (excludes halogenated alkanes) is 2. The quantitative estimate of drug-likeness (QED) is 0.665. The maximum atomic E-state index is 11.7. The predicted octanol–water partition coefficient (Wildman–Crippen LogP) is 1.14. The van der Waals surface area contributed by atoms with Gasteiger partial charge in [0.15, 0.2) is 0 Å². The molecule has 1 rings (SSSR count). The van der Waals surface area contributed by atoms with Gasteiger partial charge in [-0.1, -0.05) is 0 Å². The molecule has 0 radical (unpaired) electrons. The molecule has 4 nitrogen and oxygen atoms in total. The van der Waals surface area contributed by atoms with Crippen molar-refractivity contribution in [2.24, 2.45) is 5.73 Å². The van der Waals surface area contributed by atoms with Gasteiger partial charge in [-0.25, -0.2) is 0 Å². The van der Waals surface area contributed by atoms with Gasteiger partial charge in [0.25, 0.3) is 0 Å². The van der Waals surface area contributed by atoms with E-state index in [-0.39, 0.29) is 12.5 Å². The summed E-state index contributed by atoms with van der Waals surface area (Å²) < 4.78 is 5.36. The summed E-state index contributed by atoms with van der Waals surface area (Å²) in [6.45, 7) is 3.50. The van der Waals surface area contributed by atoms with Crippen molar-refractivity contribution < 1.29 is 9.53 Å². The highest BCUT2D eigenvalue weighted by Gasteiger charge is 2.15. The summed E-state index contributed by atoms with van der Waals surface area (Å²) in [5, 5.41) is 0. The molecule has 1 saturated heterocycles. The molecule has 94 valence electrons. The van der Waals surface area contributed by atoms with Crippen LogP contribution in [0.3, 0.4) is 0 Å². The summed E-state index contributed by atoms with van der Waals surface area (Å²) in [5.41, 5.74) is 5.39. The standard InChI is InChI=1S/C12H24N2O2/c13-7-3-1-6-10-16-11-12(15)14-8-4-2-5-9-14/h1-11,13H2. The van der Waals surface area contributed by atoms with Crippen molar-refractivity contribution in [3.05, 3.63) is 0 Å². The summed E-state index contributed by atoms with van der Waals surface area (Å²) in [6.07, 6.45) is 6.68. The first kappa shape index (κ1) is 13.5. The van der Waals surface area contributed by atoms with Gasteiger partial charge >= 0.3 is 0 Å². The molecule has 0 aromatic heterocycles. The zero-order chi connectivity index (χ0) is 11.6. The van der Waals surface area contributed by atoms with Crippen LogP contribution in [-0.4, -0.2) is 43.7 Å². The van der Waals surface area contributed by atoms with Crippen LogP contribution in [-0.2, 0) is 9.53 Å². The molecule has 1 aliphatic heterocycles. The summed E-state index contributed by atoms with van der Waals surface area (Å²) in [5.74, 6) is 0.151. The SMILES string of the molecule is NCCCCCOCC(=O)N1CCCCC1. The van der Waals surface area contributed by atoms with E-state index in [0.29, 0.717) is 6.61 Å². The Balaban J connectivity index is 1.97. The fraction of sp³-hybridized carbons (Fsp3) is 0.917. The molecule has 0 bridgehead atoms. The lowest BCUT2D eigenvalue weighted by Crippen LogP contribution is -2.38. The molecule has 0 spiro atoms. The van der Waals surface area contributed by atoms with Crippen molar-refractivity contribution in [1.82, 2.24) is 4.90 Å². The minimum absolute atomic E-state index is 0.151. The van der Waals surface area contributed by atoms with Crippen LogP contribution in [0.25, 0.3) is 0 Å². The third-order valence-electron chi connectivity index (χ3n) is 2.93. The summed E-state index contributed by atoms with van der Waals surface area (Å²) >= 11 is 0. The maximum absolute atomic E-state index is 11.7. The van der Waals surface area contributed by atoms with Gasteiger partial charge < -0.3 is 15.4 Å². The third-order valence-corrected chi connectivity index (χ3v) is 2.93. The molecule has 0 aromatic carbocycles. The average molecular weight is 228 g/mol. The summed E-state index contributed by atoms with van der Waals surface area (Å²) in [4.78, 5) is 13.6. The van der Waals surface area contributed by atoms with Crippen molar-refractivity contribution in [3.63, 3.8) is 0 Å². The lowest BCUT2D eigenvalue weighted by molar-refractivity contribution is -0.137. The lowest BCUT2D eigenvalue weighted by atomic mass is 10.1. The van der Waals surface area contributed by atoms with E-state index >= 15 is 0 Å². The second kappa shape index (κ2) is 8.53. The number of carbonyl (C=O) groups is 1. The van der Waals surface area contributed by atoms with E-state index in [1.165, 1.54) is 6.42 Å². The van der Waals surface area contributed by atoms with Gasteiger partial charge in [-0.05, 0) is 45.1 Å². The van der Waals surface area contributed by atoms with Crippen LogP contribution in [0.2, 0.25) is 0 Å². The number of rotatable bonds is 7. The summed E-state index contributed by atoms with van der Waals surface area (Å²) in [6, 6.07) is 0. The largest absolute Gasteiger partial charge is 0.372 e. The second-order valence-electron chi connectivity index (χ2n) is 4.34. The minimum atomic E-state index is 0.151. The fourth-order valence-corrected chi connectivity index (χ4v) is 1.92. The Labute approximate surface area is 98.1 Å². The molecule has 1 amide bonds. The molecule has 1 aliphatic rings. The number of carbonyl (C=O) groups excluding carboxylic acids is 1. The Morgan fingerprint density at radius 2 is 1.88 bits per heavy atom. The number of hydrogen-bond donors (Lipinski definition) is 1. The first-order valence-corrected chi connectivity index (χ1v) is 6.40. The molecule has 4 heteroatoms. The normalized spacial score (nSPS) is 16.4. The Bertz CT molecular complexity index is 191. The van der Waals surface area contributed by atoms with E-state index < -0.39 is 0 Å². The summed E-state index contributed by atoms with van der Waals surface area (Å²) in [7, 11) is 0. The molecular weight excluding hydrogens is 204 g/mol. The highest BCUT2D eigenvalue weighted by atomic mass is 16.5. The number of piperidine rings is 1. The van der Waals surface area contributed by atoms with Crippen LogP contribution in [0.15, 0.2) is 0 Å². The van der Waals surface area contributed by atoms with Crippen molar-refractivity contribution in [1.29, 1.82) is 0 Å². The molecule has 1 heterocycles. The van der Waals surface area contributed by atoms with E-state index in [1.54, 1.807) is 0 Å². The number of likely N-dealkylation sites (tertiary alicyclic amines) is 1. The monoisotopic (exact) mass is 228 g/mol. The zero-order valence-electron chi connectivity index (χ0n) is 10.1. The van der Waals surface area contributed by atoms with Gasteiger partial charge in [-0.3, -0.25) is 4.79 Å². The number of hydrogen-bond acceptors (Lipinski definition) is 3. The molecule has 0 aromatic rings. The first-order chi connectivity index (χ1) is 7.84. The average Bonchev–Trinajstić information content (AvgIpc) is 2.34. The van der Waals surface area contributed by atoms with Gasteiger partial charge in [0.2, 0.25) is 5.91 Å². The molecule has 0 aliphatic carbocycles. The van der Waals surface area contributed by atoms with Crippen LogP contribution in [0, 0.1) is 0 Å². The van der Waals surface area contributed by atoms with Gasteiger partial charge in [0, 0.05) is 19.7 Å². The lowest BCUT2D eigenvalue weighted by Gasteiger charge is -2.26. The van der Waals surface area contributed by atoms with Crippen LogP contribution in [0.1, 0.15) is 38.5 Å². The Morgan fingerprint density at radius 1 is 1.12 bits per heavy atom. The maximum Gasteiger partial charge on any atom is 0.248 e. The fourth-order valence-electron chi connectivity index (χ4n) is 1.92. The highest BCUT2D eigenvalue weighted by molar-refractivity contribution is 5.77. The number of ether oxygens (including phenoxy) is 1. The van der Waals surface area contributed by atoms with Crippen molar-refractivity contribution in [2.75, 3.05) is 32.8 Å². The van der Waals surface area contributed by atoms with Crippen molar-refractivity contribution in [2.45, 2.75) is 38.5 Å². The highest BCUT2D eigenvalue weighted by Crippen LogP contribution is 2.08. The van der Waals surface area contributed by atoms with Gasteiger partial charge in [-0.15, -0.1) is 0 Å². The second-order valence-corrected chi connectivity index (χ2v) is 4.34. The minimum Gasteiger partial charge on any atom is -0.372 e. The van der Waals surface area contributed by atoms with Crippen LogP contribution < -0.4 is 5.73 Å². The molecular formula is C12H24N2O2. The topological polar surface area (TPSA) is 55.6 Å². The molecule has 1 fully saturated rings. The molecule has 0 unspecified atom stereocenters. The Kier molecular flexibility index (Phi) is 7.17. The first-order valence-electron chi connectivity index (χ1n) is 6.40. The molecule has 0 saturated carbocycles. The smallest absolute Gasteiger partial charge is 0.248 e. The number of nitrogens with two attached hydrogens (primary N) is 1. The van der Waals surface area contributed by atoms with Gasteiger partial charge in [0.1, 0.15) is 6.61 Å². The van der Waals surface area contributed by atoms with Crippen LogP contribution >= 0.6 is 0 Å². The van der Waals surface area contributed by atoms with Crippen LogP contribution in [0.4, 0.5) is 0 Å². The van der Waals surface area contributed by atoms with E-state index in [9.17, 15) is 4.79 Å². The Morgan fingerprint density at radius 3 is 2.56 bits per heavy atom. The number of nitrogens with zero attached hydrogens (tertiary/aromatic N) is 1. The Hall–Kier alpha value is -0.610. The van der Waals surface area contributed by atoms with E-state index in [1.807, 2.05) is 4.90 Å².